The maximum absolute atomic E-state index is 13.6. The number of primary amides is 1. The number of aliphatic hydroxyl groups excluding tert-OH is 2. The van der Waals surface area contributed by atoms with Gasteiger partial charge in [-0.25, -0.2) is 4.79 Å². The molecule has 2 aromatic rings. The summed E-state index contributed by atoms with van der Waals surface area (Å²) < 4.78 is 27.8. The molecule has 336 valence electrons. The van der Waals surface area contributed by atoms with Gasteiger partial charge in [0.05, 0.1) is 65.5 Å². The van der Waals surface area contributed by atoms with Gasteiger partial charge in [0.2, 0.25) is 17.3 Å². The molecule has 2 aromatic carbocycles. The molecule has 0 saturated carbocycles. The Balaban J connectivity index is 0.000000193. The van der Waals surface area contributed by atoms with Crippen LogP contribution in [0.15, 0.2) is 40.7 Å². The van der Waals surface area contributed by atoms with Crippen LogP contribution in [0.25, 0.3) is 0 Å². The number of rotatable bonds is 8. The van der Waals surface area contributed by atoms with E-state index in [9.17, 15) is 54.3 Å². The number of ketones is 5. The summed E-state index contributed by atoms with van der Waals surface area (Å²) in [6.07, 6.45) is -6.07. The highest BCUT2D eigenvalue weighted by atomic mass is 16.7. The van der Waals surface area contributed by atoms with Crippen LogP contribution in [-0.2, 0) is 39.8 Å². The minimum Gasteiger partial charge on any atom is -0.507 e. The topological polar surface area (TPSA) is 353 Å². The number of phenols is 2. The molecule has 0 aromatic heterocycles. The number of aliphatic hydroxyl groups is 3. The molecule has 4 heterocycles. The van der Waals surface area contributed by atoms with Crippen molar-refractivity contribution in [3.63, 3.8) is 0 Å². The quantitative estimate of drug-likeness (QED) is 0.0695. The number of amides is 1. The van der Waals surface area contributed by atoms with E-state index in [0.29, 0.717) is 12.2 Å². The maximum atomic E-state index is 13.6. The van der Waals surface area contributed by atoms with Crippen molar-refractivity contribution in [1.29, 1.82) is 0 Å². The lowest BCUT2D eigenvalue weighted by molar-refractivity contribution is -0.247. The van der Waals surface area contributed by atoms with Gasteiger partial charge in [0.15, 0.2) is 23.6 Å². The predicted molar refractivity (Wildman–Crippen MR) is 212 cm³/mol. The SMILES string of the molecule is CO[C@@]12[C@H](COC(N)=O)C3=C(C(=O)C(C)=C(N)C3=O)N1C[C@@H]1N[C@@H]12.COc1cccc2c1C(=O)c1c(O)c3c(c(O)c1C2=O)C[C@@](O)(C(=O)CO)C[C@@H]3O[C@H]1C[C@H](N)[C@H](O)[C@H](C)O1. The minimum atomic E-state index is -2.24. The van der Waals surface area contributed by atoms with Crippen molar-refractivity contribution >= 4 is 35.0 Å². The molecule has 10 atom stereocenters. The van der Waals surface area contributed by atoms with Crippen LogP contribution < -0.4 is 27.3 Å². The number of fused-ring (bicyclic) bond motifs is 7. The van der Waals surface area contributed by atoms with Gasteiger partial charge in [-0.1, -0.05) is 12.1 Å². The average molecular weight is 878 g/mol. The summed E-state index contributed by atoms with van der Waals surface area (Å²) in [5.41, 5.74) is 13.0. The van der Waals surface area contributed by atoms with Gasteiger partial charge < -0.3 is 76.6 Å². The Morgan fingerprint density at radius 2 is 1.73 bits per heavy atom. The summed E-state index contributed by atoms with van der Waals surface area (Å²) in [6.45, 7) is 2.48. The van der Waals surface area contributed by atoms with Crippen LogP contribution in [0, 0.1) is 5.92 Å². The smallest absolute Gasteiger partial charge is 0.404 e. The lowest BCUT2D eigenvalue weighted by Gasteiger charge is -2.42. The van der Waals surface area contributed by atoms with Crippen molar-refractivity contribution in [2.24, 2.45) is 23.1 Å². The van der Waals surface area contributed by atoms with Gasteiger partial charge >= 0.3 is 6.09 Å². The zero-order valence-corrected chi connectivity index (χ0v) is 34.5. The number of methoxy groups -OCH3 is 2. The number of nitrogens with two attached hydrogens (primary N) is 3. The highest BCUT2D eigenvalue weighted by molar-refractivity contribution is 6.31. The van der Waals surface area contributed by atoms with Gasteiger partial charge in [0.25, 0.3) is 0 Å². The molecule has 21 heteroatoms. The van der Waals surface area contributed by atoms with E-state index in [4.69, 9.17) is 40.9 Å². The predicted octanol–water partition coefficient (Wildman–Crippen LogP) is -1.65. The zero-order valence-electron chi connectivity index (χ0n) is 34.5. The minimum absolute atomic E-state index is 0.0173. The molecule has 0 radical (unpaired) electrons. The van der Waals surface area contributed by atoms with Crippen LogP contribution in [0.3, 0.4) is 0 Å². The molecular formula is C42H47N5O16. The Morgan fingerprint density at radius 3 is 2.37 bits per heavy atom. The summed E-state index contributed by atoms with van der Waals surface area (Å²) >= 11 is 0. The monoisotopic (exact) mass is 877 g/mol. The summed E-state index contributed by atoms with van der Waals surface area (Å²) in [5, 5.41) is 57.0. The third kappa shape index (κ3) is 6.44. The molecular weight excluding hydrogens is 830 g/mol. The Morgan fingerprint density at radius 1 is 1.03 bits per heavy atom. The lowest BCUT2D eigenvalue weighted by atomic mass is 9.72. The Hall–Kier alpha value is -5.78. The van der Waals surface area contributed by atoms with Crippen molar-refractivity contribution in [2.45, 2.75) is 87.2 Å². The van der Waals surface area contributed by atoms with Crippen molar-refractivity contribution < 1.29 is 78.0 Å². The fraction of sp³-hybridized carbons (Fsp3) is 0.476. The summed E-state index contributed by atoms with van der Waals surface area (Å²) in [5.74, 6) is -5.11. The van der Waals surface area contributed by atoms with Crippen LogP contribution in [0.5, 0.6) is 17.2 Å². The molecule has 4 aliphatic heterocycles. The lowest BCUT2D eigenvalue weighted by Crippen LogP contribution is -2.55. The number of aromatic hydroxyl groups is 2. The Bertz CT molecular complexity index is 2460. The first-order valence-corrected chi connectivity index (χ1v) is 20.1. The van der Waals surface area contributed by atoms with Crippen LogP contribution in [0.2, 0.25) is 0 Å². The number of carbonyl (C=O) groups excluding carboxylic acids is 6. The second-order valence-electron chi connectivity index (χ2n) is 16.6. The number of carbonyl (C=O) groups is 6. The van der Waals surface area contributed by atoms with Gasteiger partial charge in [-0.3, -0.25) is 24.0 Å². The first kappa shape index (κ1) is 43.9. The molecule has 9 rings (SSSR count). The first-order chi connectivity index (χ1) is 29.8. The molecule has 3 aliphatic carbocycles. The first-order valence-electron chi connectivity index (χ1n) is 20.1. The number of nitrogens with zero attached hydrogens (tertiary/aromatic N) is 1. The second kappa shape index (κ2) is 15.5. The Kier molecular flexibility index (Phi) is 10.8. The fourth-order valence-corrected chi connectivity index (χ4v) is 10.1. The summed E-state index contributed by atoms with van der Waals surface area (Å²) in [7, 11) is 2.84. The van der Waals surface area contributed by atoms with Gasteiger partial charge in [0, 0.05) is 72.8 Å². The van der Waals surface area contributed by atoms with Crippen LogP contribution >= 0.6 is 0 Å². The van der Waals surface area contributed by atoms with E-state index < -0.39 is 119 Å². The maximum Gasteiger partial charge on any atom is 0.404 e. The molecule has 63 heavy (non-hydrogen) atoms. The fourth-order valence-electron chi connectivity index (χ4n) is 10.1. The van der Waals surface area contributed by atoms with E-state index in [2.05, 4.69) is 5.32 Å². The van der Waals surface area contributed by atoms with Crippen molar-refractivity contribution in [2.75, 3.05) is 34.0 Å². The van der Waals surface area contributed by atoms with E-state index in [1.54, 1.807) is 6.92 Å². The molecule has 21 nitrogen and oxygen atoms in total. The normalized spacial score (nSPS) is 32.5. The molecule has 0 spiro atoms. The number of Topliss-reactive ketones (excluding diaryl/α,β-unsaturated/α-hetero) is 3. The molecule has 0 unspecified atom stereocenters. The van der Waals surface area contributed by atoms with Crippen LogP contribution in [0.1, 0.15) is 75.8 Å². The molecule has 1 amide bonds. The van der Waals surface area contributed by atoms with E-state index in [1.165, 1.54) is 39.3 Å². The highest BCUT2D eigenvalue weighted by Gasteiger charge is 2.72. The number of phenolic OH excluding ortho intramolecular Hbond substituents is 2. The number of allylic oxidation sites excluding steroid dienone is 2. The van der Waals surface area contributed by atoms with Gasteiger partial charge in [-0.2, -0.15) is 0 Å². The molecule has 3 fully saturated rings. The van der Waals surface area contributed by atoms with Crippen LogP contribution in [-0.4, -0.2) is 147 Å². The van der Waals surface area contributed by atoms with E-state index in [0.717, 1.165) is 0 Å². The molecule has 0 bridgehead atoms. The Labute approximate surface area is 358 Å². The van der Waals surface area contributed by atoms with Gasteiger partial charge in [-0.15, -0.1) is 0 Å². The summed E-state index contributed by atoms with van der Waals surface area (Å²) in [6, 6.07) is 3.74. The van der Waals surface area contributed by atoms with E-state index in [-0.39, 0.29) is 75.7 Å². The third-order valence-electron chi connectivity index (χ3n) is 13.3. The van der Waals surface area contributed by atoms with Crippen molar-refractivity contribution in [3.8, 4) is 17.2 Å². The number of hydrogen-bond acceptors (Lipinski definition) is 20. The highest BCUT2D eigenvalue weighted by Crippen LogP contribution is 2.56. The summed E-state index contributed by atoms with van der Waals surface area (Å²) in [4.78, 5) is 78.2. The number of hydrogen-bond donors (Lipinski definition) is 9. The standard InChI is InChI=1S/C27H29NO11.C15H18N4O5/c1-10-22(31)13(28)6-17(38-10)39-15-8-27(36,16(30)9-29)7-12-19(15)26(35)21-20(24(12)33)23(32)11-4-3-5-14(37-2)18(11)25(21)34;1-5-9(16)12(21)8-6(4-24-14(17)22)15(23-2)13-7(18-13)3-19(15)10(8)11(5)20/h3-5,10,13,15,17,22,29,31,33,35-36H,6-9,28H2,1-2H3;6-7,13,18H,3-4,16H2,1-2H3,(H2,17,22)/t10-,13-,15-,17-,22+,27-;6-,7+,13+,15-/m01/s1. The molecule has 12 N–H and O–H groups in total. The molecule has 3 saturated heterocycles. The van der Waals surface area contributed by atoms with Crippen molar-refractivity contribution in [3.05, 3.63) is 74.1 Å². The number of benzene rings is 2. The largest absolute Gasteiger partial charge is 0.507 e. The number of piperazine rings is 1. The van der Waals surface area contributed by atoms with Gasteiger partial charge in [-0.05, 0) is 19.9 Å². The second-order valence-corrected chi connectivity index (χ2v) is 16.6. The third-order valence-corrected chi connectivity index (χ3v) is 13.3. The van der Waals surface area contributed by atoms with Crippen LogP contribution in [0.4, 0.5) is 4.79 Å². The molecule has 7 aliphatic rings. The zero-order chi connectivity index (χ0) is 45.8. The van der Waals surface area contributed by atoms with E-state index >= 15 is 0 Å². The van der Waals surface area contributed by atoms with Gasteiger partial charge in [0.1, 0.15) is 36.1 Å². The number of nitrogens with one attached hydrogen (secondary N) is 1. The van der Waals surface area contributed by atoms with Crippen molar-refractivity contribution in [1.82, 2.24) is 10.2 Å². The van der Waals surface area contributed by atoms with E-state index in [1.807, 2.05) is 4.90 Å². The average Bonchev–Trinajstić information content (AvgIpc) is 3.87. The number of ether oxygens (including phenoxy) is 5.